The standard InChI is InChI=1S/C9H17NO2/c1-10-5-3-2-4-8(10)9-11-6-7-12-9/h8-9H,2-7H2,1H3. The molecule has 0 aromatic heterocycles. The van der Waals surface area contributed by atoms with Gasteiger partial charge in [-0.2, -0.15) is 0 Å². The van der Waals surface area contributed by atoms with Crippen molar-refractivity contribution in [2.75, 3.05) is 26.8 Å². The number of ether oxygens (including phenoxy) is 2. The van der Waals surface area contributed by atoms with Crippen molar-refractivity contribution < 1.29 is 9.47 Å². The third-order valence-corrected chi connectivity index (χ3v) is 2.79. The average molecular weight is 171 g/mol. The van der Waals surface area contributed by atoms with Crippen LogP contribution >= 0.6 is 0 Å². The molecule has 3 heteroatoms. The number of piperidine rings is 1. The van der Waals surface area contributed by atoms with Crippen molar-refractivity contribution >= 4 is 0 Å². The van der Waals surface area contributed by atoms with E-state index in [9.17, 15) is 0 Å². The second-order valence-corrected chi connectivity index (χ2v) is 3.65. The maximum Gasteiger partial charge on any atom is 0.173 e. The molecule has 0 aliphatic carbocycles. The van der Waals surface area contributed by atoms with E-state index in [4.69, 9.17) is 9.47 Å². The van der Waals surface area contributed by atoms with E-state index in [1.54, 1.807) is 0 Å². The van der Waals surface area contributed by atoms with E-state index >= 15 is 0 Å². The van der Waals surface area contributed by atoms with Gasteiger partial charge < -0.3 is 9.47 Å². The molecule has 0 aromatic carbocycles. The van der Waals surface area contributed by atoms with Gasteiger partial charge in [0, 0.05) is 0 Å². The lowest BCUT2D eigenvalue weighted by molar-refractivity contribution is -0.103. The van der Waals surface area contributed by atoms with Gasteiger partial charge in [-0.05, 0) is 26.4 Å². The molecule has 2 aliphatic rings. The zero-order chi connectivity index (χ0) is 8.39. The summed E-state index contributed by atoms with van der Waals surface area (Å²) in [6.07, 6.45) is 3.91. The van der Waals surface area contributed by atoms with Crippen LogP contribution in [0.25, 0.3) is 0 Å². The van der Waals surface area contributed by atoms with Crippen molar-refractivity contribution in [3.05, 3.63) is 0 Å². The van der Waals surface area contributed by atoms with Crippen LogP contribution in [0.2, 0.25) is 0 Å². The monoisotopic (exact) mass is 171 g/mol. The first kappa shape index (κ1) is 8.48. The molecule has 2 saturated heterocycles. The summed E-state index contributed by atoms with van der Waals surface area (Å²) >= 11 is 0. The van der Waals surface area contributed by atoms with Crippen LogP contribution in [0.5, 0.6) is 0 Å². The van der Waals surface area contributed by atoms with Crippen LogP contribution in [-0.2, 0) is 9.47 Å². The van der Waals surface area contributed by atoms with Crippen LogP contribution in [-0.4, -0.2) is 44.0 Å². The molecule has 12 heavy (non-hydrogen) atoms. The summed E-state index contributed by atoms with van der Waals surface area (Å²) in [7, 11) is 2.16. The minimum atomic E-state index is 0.0512. The lowest BCUT2D eigenvalue weighted by Crippen LogP contribution is -2.44. The Morgan fingerprint density at radius 2 is 1.92 bits per heavy atom. The summed E-state index contributed by atoms with van der Waals surface area (Å²) < 4.78 is 11.0. The number of likely N-dealkylation sites (N-methyl/N-ethyl adjacent to an activating group) is 1. The van der Waals surface area contributed by atoms with Crippen LogP contribution in [0, 0.1) is 0 Å². The van der Waals surface area contributed by atoms with E-state index in [1.807, 2.05) is 0 Å². The molecule has 0 spiro atoms. The number of nitrogens with zero attached hydrogens (tertiary/aromatic N) is 1. The van der Waals surface area contributed by atoms with Crippen molar-refractivity contribution in [2.24, 2.45) is 0 Å². The fraction of sp³-hybridized carbons (Fsp3) is 1.00. The minimum absolute atomic E-state index is 0.0512. The van der Waals surface area contributed by atoms with E-state index in [0.717, 1.165) is 13.2 Å². The predicted octanol–water partition coefficient (Wildman–Crippen LogP) is 0.844. The lowest BCUT2D eigenvalue weighted by Gasteiger charge is -2.34. The molecule has 0 aromatic rings. The van der Waals surface area contributed by atoms with Crippen molar-refractivity contribution in [3.8, 4) is 0 Å². The van der Waals surface area contributed by atoms with Gasteiger partial charge in [0.15, 0.2) is 6.29 Å². The lowest BCUT2D eigenvalue weighted by atomic mass is 10.0. The minimum Gasteiger partial charge on any atom is -0.349 e. The van der Waals surface area contributed by atoms with Gasteiger partial charge in [-0.15, -0.1) is 0 Å². The van der Waals surface area contributed by atoms with Crippen LogP contribution in [0.4, 0.5) is 0 Å². The Hall–Kier alpha value is -0.120. The smallest absolute Gasteiger partial charge is 0.173 e. The number of rotatable bonds is 1. The molecule has 1 unspecified atom stereocenters. The molecule has 0 radical (unpaired) electrons. The van der Waals surface area contributed by atoms with Crippen LogP contribution < -0.4 is 0 Å². The molecule has 2 aliphatic heterocycles. The molecule has 2 fully saturated rings. The summed E-state index contributed by atoms with van der Waals surface area (Å²) in [4.78, 5) is 2.36. The van der Waals surface area contributed by atoms with Crippen LogP contribution in [0.15, 0.2) is 0 Å². The highest BCUT2D eigenvalue weighted by atomic mass is 16.7. The van der Waals surface area contributed by atoms with Gasteiger partial charge in [0.05, 0.1) is 19.3 Å². The molecule has 0 amide bonds. The second-order valence-electron chi connectivity index (χ2n) is 3.65. The van der Waals surface area contributed by atoms with Crippen molar-refractivity contribution in [1.82, 2.24) is 4.90 Å². The Balaban J connectivity index is 1.91. The van der Waals surface area contributed by atoms with E-state index in [1.165, 1.54) is 25.8 Å². The topological polar surface area (TPSA) is 21.7 Å². The second kappa shape index (κ2) is 3.73. The predicted molar refractivity (Wildman–Crippen MR) is 46.0 cm³/mol. The molecule has 2 heterocycles. The first-order valence-corrected chi connectivity index (χ1v) is 4.81. The molecule has 70 valence electrons. The molecule has 0 bridgehead atoms. The van der Waals surface area contributed by atoms with Crippen molar-refractivity contribution in [2.45, 2.75) is 31.6 Å². The first-order chi connectivity index (χ1) is 5.88. The fourth-order valence-corrected chi connectivity index (χ4v) is 2.04. The summed E-state index contributed by atoms with van der Waals surface area (Å²) in [5.41, 5.74) is 0. The molecule has 0 saturated carbocycles. The Labute approximate surface area is 73.6 Å². The highest BCUT2D eigenvalue weighted by Gasteiger charge is 2.31. The summed E-state index contributed by atoms with van der Waals surface area (Å²) in [5.74, 6) is 0. The van der Waals surface area contributed by atoms with E-state index in [-0.39, 0.29) is 6.29 Å². The Morgan fingerprint density at radius 3 is 2.58 bits per heavy atom. The zero-order valence-electron chi connectivity index (χ0n) is 7.66. The highest BCUT2D eigenvalue weighted by molar-refractivity contribution is 4.78. The molecule has 1 atom stereocenters. The maximum atomic E-state index is 5.50. The first-order valence-electron chi connectivity index (χ1n) is 4.81. The van der Waals surface area contributed by atoms with E-state index in [2.05, 4.69) is 11.9 Å². The van der Waals surface area contributed by atoms with Crippen molar-refractivity contribution in [1.29, 1.82) is 0 Å². The van der Waals surface area contributed by atoms with Gasteiger partial charge in [-0.3, -0.25) is 4.90 Å². The molecular weight excluding hydrogens is 154 g/mol. The van der Waals surface area contributed by atoms with Gasteiger partial charge in [-0.1, -0.05) is 6.42 Å². The fourth-order valence-electron chi connectivity index (χ4n) is 2.04. The van der Waals surface area contributed by atoms with Gasteiger partial charge in [-0.25, -0.2) is 0 Å². The molecule has 3 nitrogen and oxygen atoms in total. The van der Waals surface area contributed by atoms with Gasteiger partial charge >= 0.3 is 0 Å². The normalized spacial score (nSPS) is 34.2. The molecule has 2 rings (SSSR count). The number of hydrogen-bond donors (Lipinski definition) is 0. The Bertz CT molecular complexity index is 145. The SMILES string of the molecule is CN1CCCCC1C1OCCO1. The van der Waals surface area contributed by atoms with E-state index < -0.39 is 0 Å². The third kappa shape index (κ3) is 1.63. The van der Waals surface area contributed by atoms with Crippen LogP contribution in [0.3, 0.4) is 0 Å². The van der Waals surface area contributed by atoms with Gasteiger partial charge in [0.2, 0.25) is 0 Å². The Kier molecular flexibility index (Phi) is 2.63. The maximum absolute atomic E-state index is 5.50. The summed E-state index contributed by atoms with van der Waals surface area (Å²) in [6, 6.07) is 0.501. The van der Waals surface area contributed by atoms with Gasteiger partial charge in [0.25, 0.3) is 0 Å². The summed E-state index contributed by atoms with van der Waals surface area (Å²) in [6.45, 7) is 2.73. The van der Waals surface area contributed by atoms with Crippen molar-refractivity contribution in [3.63, 3.8) is 0 Å². The van der Waals surface area contributed by atoms with E-state index in [0.29, 0.717) is 6.04 Å². The zero-order valence-corrected chi connectivity index (χ0v) is 7.66. The third-order valence-electron chi connectivity index (χ3n) is 2.79. The largest absolute Gasteiger partial charge is 0.349 e. The summed E-state index contributed by atoms with van der Waals surface area (Å²) in [5, 5.41) is 0. The molecular formula is C9H17NO2. The average Bonchev–Trinajstić information content (AvgIpc) is 2.57. The van der Waals surface area contributed by atoms with Crippen LogP contribution in [0.1, 0.15) is 19.3 Å². The number of likely N-dealkylation sites (tertiary alicyclic amines) is 1. The Morgan fingerprint density at radius 1 is 1.17 bits per heavy atom. The highest BCUT2D eigenvalue weighted by Crippen LogP contribution is 2.22. The molecule has 0 N–H and O–H groups in total. The number of hydrogen-bond acceptors (Lipinski definition) is 3. The van der Waals surface area contributed by atoms with Gasteiger partial charge in [0.1, 0.15) is 0 Å². The quantitative estimate of drug-likeness (QED) is 0.583.